The van der Waals surface area contributed by atoms with Crippen molar-refractivity contribution in [2.75, 3.05) is 11.9 Å². The highest BCUT2D eigenvalue weighted by molar-refractivity contribution is 7.13. The Labute approximate surface area is 106 Å². The van der Waals surface area contributed by atoms with E-state index in [9.17, 15) is 4.79 Å². The van der Waals surface area contributed by atoms with Crippen LogP contribution in [0.5, 0.6) is 0 Å². The van der Waals surface area contributed by atoms with Crippen LogP contribution in [-0.4, -0.2) is 23.1 Å². The summed E-state index contributed by atoms with van der Waals surface area (Å²) in [5.74, 6) is -0.356. The minimum absolute atomic E-state index is 0.00145. The molecule has 1 N–H and O–H groups in total. The summed E-state index contributed by atoms with van der Waals surface area (Å²) in [6.45, 7) is 8.56. The molecule has 0 fully saturated rings. The number of anilines is 1. The number of carbonyl (C=O) groups is 1. The second-order valence-corrected chi connectivity index (χ2v) is 5.38. The van der Waals surface area contributed by atoms with Gasteiger partial charge >= 0.3 is 5.97 Å². The number of rotatable bonds is 6. The fourth-order valence-electron chi connectivity index (χ4n) is 1.61. The summed E-state index contributed by atoms with van der Waals surface area (Å²) >= 11 is 1.43. The maximum atomic E-state index is 11.4. The quantitative estimate of drug-likeness (QED) is 0.793. The van der Waals surface area contributed by atoms with Crippen LogP contribution >= 0.6 is 11.3 Å². The summed E-state index contributed by atoms with van der Waals surface area (Å²) in [5, 5.41) is 5.83. The Hall–Kier alpha value is -1.10. The molecule has 0 spiro atoms. The van der Waals surface area contributed by atoms with Gasteiger partial charge in [0.2, 0.25) is 0 Å². The molecule has 0 unspecified atom stereocenters. The first-order valence-electron chi connectivity index (χ1n) is 5.89. The monoisotopic (exact) mass is 256 g/mol. The van der Waals surface area contributed by atoms with Crippen LogP contribution in [0.1, 0.15) is 51.0 Å². The van der Waals surface area contributed by atoms with Crippen LogP contribution in [0.4, 0.5) is 5.13 Å². The van der Waals surface area contributed by atoms with Crippen LogP contribution < -0.4 is 5.32 Å². The van der Waals surface area contributed by atoms with E-state index in [0.29, 0.717) is 12.3 Å². The topological polar surface area (TPSA) is 51.2 Å². The molecule has 0 aromatic carbocycles. The Morgan fingerprint density at radius 3 is 2.82 bits per heavy atom. The molecule has 0 aliphatic heterocycles. The molecule has 17 heavy (non-hydrogen) atoms. The van der Waals surface area contributed by atoms with Gasteiger partial charge in [-0.2, -0.15) is 0 Å². The van der Waals surface area contributed by atoms with Gasteiger partial charge in [0.05, 0.1) is 6.61 Å². The molecule has 1 rings (SSSR count). The minimum atomic E-state index is -0.356. The first-order chi connectivity index (χ1) is 7.98. The van der Waals surface area contributed by atoms with Gasteiger partial charge in [-0.25, -0.2) is 9.78 Å². The molecule has 0 atom stereocenters. The van der Waals surface area contributed by atoms with Crippen LogP contribution in [0.3, 0.4) is 0 Å². The highest BCUT2D eigenvalue weighted by atomic mass is 32.1. The van der Waals surface area contributed by atoms with Gasteiger partial charge in [0, 0.05) is 10.9 Å². The van der Waals surface area contributed by atoms with Crippen molar-refractivity contribution in [1.29, 1.82) is 0 Å². The predicted octanol–water partition coefficient (Wildman–Crippen LogP) is 3.31. The van der Waals surface area contributed by atoms with Gasteiger partial charge in [-0.15, -0.1) is 11.3 Å². The lowest BCUT2D eigenvalue weighted by Crippen LogP contribution is -2.30. The Kier molecular flexibility index (Phi) is 4.93. The molecule has 1 aromatic heterocycles. The Bertz CT molecular complexity index is 374. The van der Waals surface area contributed by atoms with E-state index in [1.807, 2.05) is 0 Å². The minimum Gasteiger partial charge on any atom is -0.461 e. The molecular weight excluding hydrogens is 236 g/mol. The van der Waals surface area contributed by atoms with Crippen molar-refractivity contribution < 1.29 is 9.53 Å². The number of aromatic nitrogens is 1. The average Bonchev–Trinajstić information content (AvgIpc) is 2.65. The maximum Gasteiger partial charge on any atom is 0.357 e. The third-order valence-corrected chi connectivity index (χ3v) is 3.07. The molecule has 96 valence electrons. The summed E-state index contributed by atoms with van der Waals surface area (Å²) in [7, 11) is 0. The molecule has 5 heteroatoms. The summed E-state index contributed by atoms with van der Waals surface area (Å²) in [6, 6.07) is 0. The van der Waals surface area contributed by atoms with E-state index in [2.05, 4.69) is 31.1 Å². The summed E-state index contributed by atoms with van der Waals surface area (Å²) < 4.78 is 4.90. The zero-order valence-electron chi connectivity index (χ0n) is 10.9. The number of hydrogen-bond donors (Lipinski definition) is 1. The highest BCUT2D eigenvalue weighted by Crippen LogP contribution is 2.23. The standard InChI is InChI=1S/C12H20N2O2S/c1-5-7-12(3,4)14-11-13-9(8-17-11)10(15)16-6-2/h8H,5-7H2,1-4H3,(H,13,14). The molecule has 0 radical (unpaired) electrons. The largest absolute Gasteiger partial charge is 0.461 e. The van der Waals surface area contributed by atoms with Gasteiger partial charge in [-0.05, 0) is 27.2 Å². The van der Waals surface area contributed by atoms with E-state index in [1.165, 1.54) is 11.3 Å². The molecule has 1 heterocycles. The lowest BCUT2D eigenvalue weighted by atomic mass is 10.00. The van der Waals surface area contributed by atoms with Crippen molar-refractivity contribution in [2.45, 2.75) is 46.1 Å². The Morgan fingerprint density at radius 1 is 1.53 bits per heavy atom. The third kappa shape index (κ3) is 4.34. The molecule has 1 aromatic rings. The van der Waals surface area contributed by atoms with Crippen molar-refractivity contribution >= 4 is 22.4 Å². The fraction of sp³-hybridized carbons (Fsp3) is 0.667. The van der Waals surface area contributed by atoms with Crippen LogP contribution in [0, 0.1) is 0 Å². The van der Waals surface area contributed by atoms with Gasteiger partial charge in [-0.3, -0.25) is 0 Å². The first kappa shape index (κ1) is 14.0. The molecule has 0 saturated carbocycles. The number of carbonyl (C=O) groups excluding carboxylic acids is 1. The second-order valence-electron chi connectivity index (χ2n) is 4.52. The zero-order valence-corrected chi connectivity index (χ0v) is 11.7. The van der Waals surface area contributed by atoms with Gasteiger partial charge in [0.1, 0.15) is 0 Å². The van der Waals surface area contributed by atoms with E-state index >= 15 is 0 Å². The lowest BCUT2D eigenvalue weighted by molar-refractivity contribution is 0.0520. The smallest absolute Gasteiger partial charge is 0.357 e. The summed E-state index contributed by atoms with van der Waals surface area (Å²) in [6.07, 6.45) is 2.16. The number of nitrogens with one attached hydrogen (secondary N) is 1. The number of ether oxygens (including phenoxy) is 1. The van der Waals surface area contributed by atoms with Gasteiger partial charge in [0.15, 0.2) is 10.8 Å². The SMILES string of the molecule is CCCC(C)(C)Nc1nc(C(=O)OCC)cs1. The first-order valence-corrected chi connectivity index (χ1v) is 6.77. The van der Waals surface area contributed by atoms with Gasteiger partial charge < -0.3 is 10.1 Å². The molecule has 4 nitrogen and oxygen atoms in total. The van der Waals surface area contributed by atoms with E-state index in [-0.39, 0.29) is 11.5 Å². The van der Waals surface area contributed by atoms with Crippen molar-refractivity contribution in [3.05, 3.63) is 11.1 Å². The molecule has 0 amide bonds. The van der Waals surface area contributed by atoms with Crippen LogP contribution in [0.15, 0.2) is 5.38 Å². The second kappa shape index (κ2) is 6.00. The van der Waals surface area contributed by atoms with E-state index in [4.69, 9.17) is 4.74 Å². The summed E-state index contributed by atoms with van der Waals surface area (Å²) in [5.41, 5.74) is 0.380. The number of thiazole rings is 1. The Balaban J connectivity index is 2.65. The predicted molar refractivity (Wildman–Crippen MR) is 70.7 cm³/mol. The van der Waals surface area contributed by atoms with Crippen LogP contribution in [-0.2, 0) is 4.74 Å². The molecule has 0 bridgehead atoms. The van der Waals surface area contributed by atoms with Gasteiger partial charge in [-0.1, -0.05) is 13.3 Å². The molecule has 0 aliphatic rings. The fourth-order valence-corrected chi connectivity index (χ4v) is 2.47. The molecular formula is C12H20N2O2S. The normalized spacial score (nSPS) is 11.3. The number of esters is 1. The van der Waals surface area contributed by atoms with Crippen LogP contribution in [0.2, 0.25) is 0 Å². The number of hydrogen-bond acceptors (Lipinski definition) is 5. The van der Waals surface area contributed by atoms with E-state index < -0.39 is 0 Å². The van der Waals surface area contributed by atoms with E-state index in [0.717, 1.165) is 18.0 Å². The highest BCUT2D eigenvalue weighted by Gasteiger charge is 2.19. The van der Waals surface area contributed by atoms with E-state index in [1.54, 1.807) is 12.3 Å². The van der Waals surface area contributed by atoms with Crippen molar-refractivity contribution in [2.24, 2.45) is 0 Å². The van der Waals surface area contributed by atoms with Crippen molar-refractivity contribution in [3.8, 4) is 0 Å². The maximum absolute atomic E-state index is 11.4. The molecule has 0 aliphatic carbocycles. The summed E-state index contributed by atoms with van der Waals surface area (Å²) in [4.78, 5) is 15.7. The number of nitrogens with zero attached hydrogens (tertiary/aromatic N) is 1. The zero-order chi connectivity index (χ0) is 12.9. The van der Waals surface area contributed by atoms with Crippen molar-refractivity contribution in [1.82, 2.24) is 4.98 Å². The van der Waals surface area contributed by atoms with Crippen molar-refractivity contribution in [3.63, 3.8) is 0 Å². The molecule has 0 saturated heterocycles. The van der Waals surface area contributed by atoms with Gasteiger partial charge in [0.25, 0.3) is 0 Å². The lowest BCUT2D eigenvalue weighted by Gasteiger charge is -2.25. The third-order valence-electron chi connectivity index (χ3n) is 2.31. The Morgan fingerprint density at radius 2 is 2.24 bits per heavy atom. The van der Waals surface area contributed by atoms with Crippen LogP contribution in [0.25, 0.3) is 0 Å². The average molecular weight is 256 g/mol.